The summed E-state index contributed by atoms with van der Waals surface area (Å²) in [7, 11) is -3.58. The largest absolute Gasteiger partial charge is 0.487 e. The van der Waals surface area contributed by atoms with Crippen LogP contribution in [-0.4, -0.2) is 120 Å². The van der Waals surface area contributed by atoms with Crippen LogP contribution in [0.25, 0.3) is 0 Å². The summed E-state index contributed by atoms with van der Waals surface area (Å²) >= 11 is 6.52. The number of para-hydroxylation sites is 1. The van der Waals surface area contributed by atoms with Crippen LogP contribution in [0.1, 0.15) is 93.8 Å². The van der Waals surface area contributed by atoms with Crippen molar-refractivity contribution >= 4 is 68.1 Å². The van der Waals surface area contributed by atoms with Gasteiger partial charge in [-0.05, 0) is 134 Å². The summed E-state index contributed by atoms with van der Waals surface area (Å²) in [6.45, 7) is 15.4. The van der Waals surface area contributed by atoms with Crippen molar-refractivity contribution in [3.05, 3.63) is 82.6 Å². The van der Waals surface area contributed by atoms with Crippen molar-refractivity contribution in [2.45, 2.75) is 113 Å². The number of hydrogen-bond acceptors (Lipinski definition) is 14. The molecule has 4 saturated heterocycles. The van der Waals surface area contributed by atoms with E-state index in [9.17, 15) is 22.8 Å². The van der Waals surface area contributed by atoms with Crippen molar-refractivity contribution in [1.29, 1.82) is 0 Å². The van der Waals surface area contributed by atoms with Crippen LogP contribution in [-0.2, 0) is 19.4 Å². The van der Waals surface area contributed by atoms with Crippen LogP contribution < -0.4 is 30.9 Å². The third-order valence-corrected chi connectivity index (χ3v) is 15.5. The number of ether oxygens (including phenoxy) is 1. The van der Waals surface area contributed by atoms with Gasteiger partial charge in [0.1, 0.15) is 11.1 Å². The minimum Gasteiger partial charge on any atom is -0.487 e. The Morgan fingerprint density at radius 2 is 1.54 bits per heavy atom. The number of nitrogens with one attached hydrogen (secondary N) is 4. The number of pyridine rings is 1. The van der Waals surface area contributed by atoms with Gasteiger partial charge in [0.2, 0.25) is 17.8 Å². The van der Waals surface area contributed by atoms with Crippen LogP contribution in [0.3, 0.4) is 0 Å². The Bertz CT molecular complexity index is 2500. The lowest BCUT2D eigenvalue weighted by Gasteiger charge is -2.50. The number of halogens is 1. The van der Waals surface area contributed by atoms with E-state index in [0.717, 1.165) is 76.3 Å². The zero-order valence-electron chi connectivity index (χ0n) is 37.6. The summed E-state index contributed by atoms with van der Waals surface area (Å²) in [5.74, 6) is 0.840. The number of likely N-dealkylation sites (tertiary alicyclic amines) is 2. The maximum absolute atomic E-state index is 13.1. The Labute approximate surface area is 386 Å². The van der Waals surface area contributed by atoms with Crippen molar-refractivity contribution in [3.63, 3.8) is 0 Å². The van der Waals surface area contributed by atoms with Crippen LogP contribution in [0, 0.1) is 6.92 Å². The van der Waals surface area contributed by atoms with Crippen LogP contribution >= 0.6 is 11.6 Å². The fourth-order valence-electron chi connectivity index (χ4n) is 9.25. The molecule has 4 aromatic rings. The van der Waals surface area contributed by atoms with Crippen LogP contribution in [0.5, 0.6) is 5.75 Å². The first-order valence-corrected chi connectivity index (χ1v) is 24.6. The number of imide groups is 1. The molecular formula is C47H59ClN10O6S. The molecule has 2 aromatic carbocycles. The third kappa shape index (κ3) is 10.5. The van der Waals surface area contributed by atoms with Gasteiger partial charge in [-0.25, -0.2) is 18.4 Å². The highest BCUT2D eigenvalue weighted by molar-refractivity contribution is 7.92. The van der Waals surface area contributed by atoms with Crippen molar-refractivity contribution in [3.8, 4) is 5.75 Å². The summed E-state index contributed by atoms with van der Waals surface area (Å²) < 4.78 is 32.5. The second-order valence-corrected chi connectivity index (χ2v) is 20.9. The number of aryl methyl sites for hydroxylation is 1. The molecule has 6 heterocycles. The number of benzene rings is 2. The number of aromatic nitrogens is 3. The summed E-state index contributed by atoms with van der Waals surface area (Å²) in [6.07, 6.45) is 6.26. The maximum atomic E-state index is 13.1. The molecule has 4 aliphatic rings. The van der Waals surface area contributed by atoms with Crippen LogP contribution in [0.15, 0.2) is 65.7 Å². The lowest BCUT2D eigenvalue weighted by molar-refractivity contribution is -0.134. The molecule has 3 amide bonds. The third-order valence-electron chi connectivity index (χ3n) is 13.0. The number of nitrogens with zero attached hydrogens (tertiary/aromatic N) is 6. The molecule has 8 rings (SSSR count). The zero-order chi connectivity index (χ0) is 46.0. The number of sulfone groups is 1. The first kappa shape index (κ1) is 46.2. The van der Waals surface area contributed by atoms with Gasteiger partial charge in [0, 0.05) is 61.6 Å². The molecule has 1 atom stereocenters. The molecular weight excluding hydrogens is 868 g/mol. The first-order chi connectivity index (χ1) is 31.1. The number of carbonyl (C=O) groups is 3. The molecule has 0 bridgehead atoms. The molecule has 4 N–H and O–H groups in total. The van der Waals surface area contributed by atoms with Crippen molar-refractivity contribution in [1.82, 2.24) is 35.4 Å². The Kier molecular flexibility index (Phi) is 13.9. The quantitative estimate of drug-likeness (QED) is 0.102. The molecule has 346 valence electrons. The number of anilines is 5. The second kappa shape index (κ2) is 19.6. The van der Waals surface area contributed by atoms with Gasteiger partial charge in [-0.15, -0.1) is 0 Å². The molecule has 0 radical (unpaired) electrons. The lowest BCUT2D eigenvalue weighted by atomic mass is 9.87. The number of piperidine rings is 3. The van der Waals surface area contributed by atoms with E-state index in [1.54, 1.807) is 50.2 Å². The zero-order valence-corrected chi connectivity index (χ0v) is 39.2. The first-order valence-electron chi connectivity index (χ1n) is 22.7. The lowest BCUT2D eigenvalue weighted by Crippen LogP contribution is -2.62. The molecule has 65 heavy (non-hydrogen) atoms. The fourth-order valence-corrected chi connectivity index (χ4v) is 10.6. The predicted molar refractivity (Wildman–Crippen MR) is 251 cm³/mol. The van der Waals surface area contributed by atoms with Crippen molar-refractivity contribution in [2.24, 2.45) is 0 Å². The van der Waals surface area contributed by atoms with E-state index in [4.69, 9.17) is 21.3 Å². The highest BCUT2D eigenvalue weighted by atomic mass is 35.5. The highest BCUT2D eigenvalue weighted by Gasteiger charge is 2.37. The molecule has 0 saturated carbocycles. The Morgan fingerprint density at radius 1 is 0.862 bits per heavy atom. The fraction of sp³-hybridized carbons (Fsp3) is 0.489. The van der Waals surface area contributed by atoms with Gasteiger partial charge in [0.25, 0.3) is 5.91 Å². The van der Waals surface area contributed by atoms with E-state index < -0.39 is 27.0 Å². The van der Waals surface area contributed by atoms with Gasteiger partial charge in [-0.1, -0.05) is 23.7 Å². The summed E-state index contributed by atoms with van der Waals surface area (Å²) in [4.78, 5) is 58.1. The second-order valence-electron chi connectivity index (χ2n) is 18.1. The van der Waals surface area contributed by atoms with E-state index in [-0.39, 0.29) is 46.0 Å². The van der Waals surface area contributed by atoms with E-state index in [1.165, 1.54) is 11.8 Å². The summed E-state index contributed by atoms with van der Waals surface area (Å²) in [6, 6.07) is 16.7. The molecule has 16 nitrogen and oxygen atoms in total. The van der Waals surface area contributed by atoms with Gasteiger partial charge < -0.3 is 30.5 Å². The monoisotopic (exact) mass is 926 g/mol. The average Bonchev–Trinajstić information content (AvgIpc) is 3.26. The molecule has 18 heteroatoms. The Hall–Kier alpha value is -5.36. The summed E-state index contributed by atoms with van der Waals surface area (Å²) in [5, 5.41) is 11.0. The summed E-state index contributed by atoms with van der Waals surface area (Å²) in [5.41, 5.74) is 4.03. The smallest absolute Gasteiger partial charge is 0.251 e. The topological polar surface area (TPSA) is 191 Å². The van der Waals surface area contributed by atoms with E-state index in [2.05, 4.69) is 52.0 Å². The maximum Gasteiger partial charge on any atom is 0.251 e. The molecule has 0 aliphatic carbocycles. The van der Waals surface area contributed by atoms with Crippen LogP contribution in [0.2, 0.25) is 5.02 Å². The molecule has 1 unspecified atom stereocenters. The Morgan fingerprint density at radius 3 is 2.22 bits per heavy atom. The minimum atomic E-state index is -3.58. The van der Waals surface area contributed by atoms with Gasteiger partial charge in [0.15, 0.2) is 27.2 Å². The average molecular weight is 928 g/mol. The van der Waals surface area contributed by atoms with Gasteiger partial charge >= 0.3 is 0 Å². The number of rotatable bonds is 14. The van der Waals surface area contributed by atoms with E-state index in [0.29, 0.717) is 47.2 Å². The highest BCUT2D eigenvalue weighted by Crippen LogP contribution is 2.38. The molecule has 4 fully saturated rings. The minimum absolute atomic E-state index is 0.104. The molecule has 4 aliphatic heterocycles. The van der Waals surface area contributed by atoms with Crippen molar-refractivity contribution in [2.75, 3.05) is 54.8 Å². The van der Waals surface area contributed by atoms with E-state index >= 15 is 0 Å². The SMILES string of the molecule is Cc1nc(Nc2ncc(Cl)c(Nc3ccccc3S(=O)(=O)C(C)C)n2)c(OC(C)C)cc1C1CCN(C2CCN(C3CN(c4ccc(C(=O)NC5CCC(=O)NC5=O)cc4)C3)CC2)CC1. The standard InChI is InChI=1S/C47H59ClN10O6S/c1-28(2)64-40-24-36(30(5)50-44(40)55-47-49-25-37(48)43(54-47)51-38-8-6-7-9-41(38)65(62,63)29(3)4)31-16-20-56(21-17-31)34-18-22-57(23-19-34)35-26-58(27-35)33-12-10-32(11-13-33)45(60)52-39-14-15-42(59)53-46(39)61/h6-13,24-25,28-29,31,34-35,39H,14-23,26-27H2,1-5H3,(H,52,60)(H,53,59,61)(H2,49,50,51,54,55). The molecule has 0 spiro atoms. The normalized spacial score (nSPS) is 19.6. The van der Waals surface area contributed by atoms with Gasteiger partial charge in [0.05, 0.1) is 28.1 Å². The van der Waals surface area contributed by atoms with Gasteiger partial charge in [-0.3, -0.25) is 24.6 Å². The Balaban J connectivity index is 0.828. The number of amides is 3. The van der Waals surface area contributed by atoms with Gasteiger partial charge in [-0.2, -0.15) is 4.98 Å². The number of carbonyl (C=O) groups excluding carboxylic acids is 3. The predicted octanol–water partition coefficient (Wildman–Crippen LogP) is 6.36. The van der Waals surface area contributed by atoms with E-state index in [1.807, 2.05) is 32.9 Å². The number of hydrogen-bond donors (Lipinski definition) is 4. The van der Waals surface area contributed by atoms with Crippen molar-refractivity contribution < 1.29 is 27.5 Å². The molecule has 2 aromatic heterocycles. The van der Waals surface area contributed by atoms with Crippen LogP contribution in [0.4, 0.5) is 29.0 Å².